The van der Waals surface area contributed by atoms with Crippen molar-refractivity contribution in [1.29, 1.82) is 0 Å². The molecule has 1 aliphatic heterocycles. The van der Waals surface area contributed by atoms with Gasteiger partial charge in [-0.1, -0.05) is 22.9 Å². The molecule has 0 bridgehead atoms. The Morgan fingerprint density at radius 3 is 2.83 bits per heavy atom. The molecule has 1 aliphatic rings. The molecule has 1 heterocycles. The van der Waals surface area contributed by atoms with E-state index in [2.05, 4.69) is 15.9 Å². The molecule has 122 valence electrons. The Kier molecular flexibility index (Phi) is 5.84. The van der Waals surface area contributed by atoms with Crippen LogP contribution in [0.1, 0.15) is 18.9 Å². The number of hydrogen-bond acceptors (Lipinski definition) is 5. The molecule has 1 N–H and O–H groups in total. The van der Waals surface area contributed by atoms with Crippen molar-refractivity contribution in [2.45, 2.75) is 13.3 Å². The summed E-state index contributed by atoms with van der Waals surface area (Å²) in [5.41, 5.74) is 0.530. The zero-order valence-electron chi connectivity index (χ0n) is 12.2. The lowest BCUT2D eigenvalue weighted by molar-refractivity contribution is -0.139. The molecular weight excluding hydrogens is 386 g/mol. The molecule has 1 aromatic rings. The number of carboxylic acids is 1. The van der Waals surface area contributed by atoms with Crippen molar-refractivity contribution in [2.24, 2.45) is 0 Å². The minimum atomic E-state index is -1.10. The zero-order valence-corrected chi connectivity index (χ0v) is 14.6. The summed E-state index contributed by atoms with van der Waals surface area (Å²) >= 11 is 4.19. The Balaban J connectivity index is 2.31. The predicted molar refractivity (Wildman–Crippen MR) is 90.2 cm³/mol. The second-order valence-corrected chi connectivity index (χ2v) is 6.61. The van der Waals surface area contributed by atoms with Crippen molar-refractivity contribution in [3.8, 4) is 5.75 Å². The van der Waals surface area contributed by atoms with Gasteiger partial charge in [-0.05, 0) is 42.5 Å². The summed E-state index contributed by atoms with van der Waals surface area (Å²) in [5.74, 6) is -1.11. The van der Waals surface area contributed by atoms with Crippen LogP contribution in [-0.2, 0) is 9.59 Å². The van der Waals surface area contributed by atoms with Gasteiger partial charge >= 0.3 is 5.97 Å². The summed E-state index contributed by atoms with van der Waals surface area (Å²) in [6.45, 7) is 1.78. The van der Waals surface area contributed by atoms with Gasteiger partial charge in [-0.15, -0.1) is 0 Å². The fourth-order valence-electron chi connectivity index (χ4n) is 1.96. The summed E-state index contributed by atoms with van der Waals surface area (Å²) < 4.78 is 5.97. The Labute approximate surface area is 145 Å². The summed E-state index contributed by atoms with van der Waals surface area (Å²) in [5, 5.41) is 8.42. The standard InChI is InChI=1S/C15H14BrNO5S/c1-2-5-17-14(20)12(23-15(17)21)7-9-6-10(16)3-4-11(9)22-8-13(18)19/h3-4,6-7H,2,5,8H2,1H3,(H,18,19)/b12-7+. The van der Waals surface area contributed by atoms with Gasteiger partial charge in [-0.3, -0.25) is 14.5 Å². The van der Waals surface area contributed by atoms with E-state index in [4.69, 9.17) is 9.84 Å². The van der Waals surface area contributed by atoms with Gasteiger partial charge in [-0.2, -0.15) is 0 Å². The van der Waals surface area contributed by atoms with Crippen LogP contribution in [0.5, 0.6) is 5.75 Å². The number of nitrogens with zero attached hydrogens (tertiary/aromatic N) is 1. The van der Waals surface area contributed by atoms with E-state index in [-0.39, 0.29) is 11.1 Å². The van der Waals surface area contributed by atoms with Crippen LogP contribution in [0.3, 0.4) is 0 Å². The third kappa shape index (κ3) is 4.35. The van der Waals surface area contributed by atoms with Crippen LogP contribution in [0.4, 0.5) is 4.79 Å². The van der Waals surface area contributed by atoms with E-state index in [1.54, 1.807) is 24.3 Å². The Hall–Kier alpha value is -1.80. The van der Waals surface area contributed by atoms with Gasteiger partial charge in [0.1, 0.15) is 5.75 Å². The first-order valence-electron chi connectivity index (χ1n) is 6.82. The number of carbonyl (C=O) groups is 3. The molecule has 1 aromatic carbocycles. The summed E-state index contributed by atoms with van der Waals surface area (Å²) in [4.78, 5) is 36.2. The first-order valence-corrected chi connectivity index (χ1v) is 8.42. The first kappa shape index (κ1) is 17.6. The van der Waals surface area contributed by atoms with Gasteiger partial charge in [0.15, 0.2) is 6.61 Å². The number of halogens is 1. The average Bonchev–Trinajstić information content (AvgIpc) is 2.74. The second-order valence-electron chi connectivity index (χ2n) is 4.70. The monoisotopic (exact) mass is 399 g/mol. The SMILES string of the molecule is CCCN1C(=O)S/C(=C/c2cc(Br)ccc2OCC(=O)O)C1=O. The molecule has 0 radical (unpaired) electrons. The molecule has 0 aliphatic carbocycles. The molecule has 8 heteroatoms. The van der Waals surface area contributed by atoms with Crippen LogP contribution in [-0.4, -0.2) is 40.3 Å². The number of amides is 2. The normalized spacial score (nSPS) is 16.3. The largest absolute Gasteiger partial charge is 0.481 e. The van der Waals surface area contributed by atoms with E-state index in [1.165, 1.54) is 4.90 Å². The fraction of sp³-hybridized carbons (Fsp3) is 0.267. The number of carboxylic acid groups (broad SMARTS) is 1. The number of aliphatic carboxylic acids is 1. The lowest BCUT2D eigenvalue weighted by atomic mass is 10.2. The average molecular weight is 400 g/mol. The van der Waals surface area contributed by atoms with E-state index in [0.29, 0.717) is 29.2 Å². The highest BCUT2D eigenvalue weighted by atomic mass is 79.9. The van der Waals surface area contributed by atoms with Gasteiger partial charge in [0.05, 0.1) is 4.91 Å². The molecule has 1 saturated heterocycles. The highest BCUT2D eigenvalue weighted by Crippen LogP contribution is 2.34. The van der Waals surface area contributed by atoms with E-state index < -0.39 is 12.6 Å². The van der Waals surface area contributed by atoms with Crippen LogP contribution < -0.4 is 4.74 Å². The van der Waals surface area contributed by atoms with E-state index in [9.17, 15) is 14.4 Å². The Morgan fingerprint density at radius 2 is 2.17 bits per heavy atom. The Bertz CT molecular complexity index is 688. The third-order valence-corrected chi connectivity index (χ3v) is 4.33. The van der Waals surface area contributed by atoms with Crippen LogP contribution in [0, 0.1) is 0 Å². The number of carbonyl (C=O) groups excluding carboxylic acids is 2. The summed E-state index contributed by atoms with van der Waals surface area (Å²) in [6, 6.07) is 5.01. The summed E-state index contributed by atoms with van der Waals surface area (Å²) in [6.07, 6.45) is 2.23. The van der Waals surface area contributed by atoms with Crippen molar-refractivity contribution < 1.29 is 24.2 Å². The van der Waals surface area contributed by atoms with Crippen molar-refractivity contribution in [3.63, 3.8) is 0 Å². The van der Waals surface area contributed by atoms with Crippen LogP contribution in [0.25, 0.3) is 6.08 Å². The van der Waals surface area contributed by atoms with Crippen molar-refractivity contribution in [3.05, 3.63) is 33.1 Å². The van der Waals surface area contributed by atoms with Gasteiger partial charge in [-0.25, -0.2) is 4.79 Å². The van der Waals surface area contributed by atoms with Crippen molar-refractivity contribution >= 4 is 50.9 Å². The number of imide groups is 1. The minimum Gasteiger partial charge on any atom is -0.481 e. The molecule has 0 saturated carbocycles. The third-order valence-electron chi connectivity index (χ3n) is 2.93. The molecule has 0 aromatic heterocycles. The smallest absolute Gasteiger partial charge is 0.341 e. The molecule has 0 spiro atoms. The number of rotatable bonds is 6. The molecule has 0 unspecified atom stereocenters. The molecule has 6 nitrogen and oxygen atoms in total. The van der Waals surface area contributed by atoms with Crippen molar-refractivity contribution in [1.82, 2.24) is 4.90 Å². The molecule has 2 amide bonds. The van der Waals surface area contributed by atoms with Gasteiger partial charge in [0, 0.05) is 16.6 Å². The summed E-state index contributed by atoms with van der Waals surface area (Å²) in [7, 11) is 0. The van der Waals surface area contributed by atoms with Gasteiger partial charge in [0.2, 0.25) is 0 Å². The van der Waals surface area contributed by atoms with E-state index in [1.807, 2.05) is 6.92 Å². The van der Waals surface area contributed by atoms with Crippen LogP contribution >= 0.6 is 27.7 Å². The molecule has 1 fully saturated rings. The quantitative estimate of drug-likeness (QED) is 0.738. The first-order chi connectivity index (χ1) is 10.9. The second kappa shape index (κ2) is 7.65. The molecule has 0 atom stereocenters. The maximum absolute atomic E-state index is 12.2. The van der Waals surface area contributed by atoms with Gasteiger partial charge < -0.3 is 9.84 Å². The topological polar surface area (TPSA) is 83.9 Å². The molecular formula is C15H14BrNO5S. The molecule has 23 heavy (non-hydrogen) atoms. The number of ether oxygens (including phenoxy) is 1. The van der Waals surface area contributed by atoms with E-state index in [0.717, 1.165) is 16.2 Å². The van der Waals surface area contributed by atoms with Crippen LogP contribution in [0.2, 0.25) is 0 Å². The van der Waals surface area contributed by atoms with E-state index >= 15 is 0 Å². The maximum Gasteiger partial charge on any atom is 0.341 e. The maximum atomic E-state index is 12.2. The number of benzene rings is 1. The zero-order chi connectivity index (χ0) is 17.0. The van der Waals surface area contributed by atoms with Gasteiger partial charge in [0.25, 0.3) is 11.1 Å². The molecule has 2 rings (SSSR count). The van der Waals surface area contributed by atoms with Crippen molar-refractivity contribution in [2.75, 3.05) is 13.2 Å². The predicted octanol–water partition coefficient (Wildman–Crippen LogP) is 3.36. The number of thioether (sulfide) groups is 1. The lowest BCUT2D eigenvalue weighted by Crippen LogP contribution is -2.28. The fourth-order valence-corrected chi connectivity index (χ4v) is 3.20. The minimum absolute atomic E-state index is 0.293. The van der Waals surface area contributed by atoms with Crippen LogP contribution in [0.15, 0.2) is 27.6 Å². The Morgan fingerprint density at radius 1 is 1.43 bits per heavy atom. The lowest BCUT2D eigenvalue weighted by Gasteiger charge is -2.10. The number of hydrogen-bond donors (Lipinski definition) is 1. The highest BCUT2D eigenvalue weighted by Gasteiger charge is 2.34. The highest BCUT2D eigenvalue weighted by molar-refractivity contribution is 9.10.